The highest BCUT2D eigenvalue weighted by Crippen LogP contribution is 2.39. The number of fused-ring (bicyclic) bond motifs is 3. The van der Waals surface area contributed by atoms with Gasteiger partial charge in [-0.05, 0) is 35.4 Å². The van der Waals surface area contributed by atoms with Gasteiger partial charge in [0.2, 0.25) is 0 Å². The zero-order chi connectivity index (χ0) is 20.1. The van der Waals surface area contributed by atoms with Crippen LogP contribution >= 0.6 is 7.60 Å². The van der Waals surface area contributed by atoms with Gasteiger partial charge in [0.1, 0.15) is 17.5 Å². The van der Waals surface area contributed by atoms with Gasteiger partial charge in [-0.1, -0.05) is 24.3 Å². The maximum Gasteiger partial charge on any atom is 0.329 e. The zero-order valence-electron chi connectivity index (χ0n) is 14.4. The van der Waals surface area contributed by atoms with Crippen molar-refractivity contribution in [1.29, 1.82) is 0 Å². The Kier molecular flexibility index (Phi) is 4.54. The minimum absolute atomic E-state index is 0.147. The van der Waals surface area contributed by atoms with Crippen molar-refractivity contribution in [1.82, 2.24) is 4.57 Å². The van der Waals surface area contributed by atoms with Gasteiger partial charge in [0, 0.05) is 28.9 Å². The van der Waals surface area contributed by atoms with Crippen molar-refractivity contribution in [3.63, 3.8) is 0 Å². The van der Waals surface area contributed by atoms with Crippen LogP contribution in [0.2, 0.25) is 0 Å². The van der Waals surface area contributed by atoms with Crippen molar-refractivity contribution in [2.24, 2.45) is 0 Å². The van der Waals surface area contributed by atoms with Crippen LogP contribution in [0.1, 0.15) is 11.1 Å². The molecule has 0 saturated carbocycles. The maximum atomic E-state index is 14.4. The molecule has 3 aromatic carbocycles. The summed E-state index contributed by atoms with van der Waals surface area (Å²) in [6, 6.07) is 12.6. The molecule has 4 rings (SSSR count). The normalized spacial score (nSPS) is 12.2. The molecule has 8 heteroatoms. The fraction of sp³-hybridized carbons (Fsp3) is 0.100. The Balaban J connectivity index is 1.83. The van der Waals surface area contributed by atoms with Crippen molar-refractivity contribution in [3.05, 3.63) is 83.2 Å². The van der Waals surface area contributed by atoms with Crippen LogP contribution in [0.5, 0.6) is 0 Å². The monoisotopic (exact) mass is 405 g/mol. The summed E-state index contributed by atoms with van der Waals surface area (Å²) >= 11 is 0. The van der Waals surface area contributed by atoms with Gasteiger partial charge in [0.15, 0.2) is 0 Å². The van der Waals surface area contributed by atoms with Crippen LogP contribution in [0.4, 0.5) is 13.2 Å². The number of hydrogen-bond acceptors (Lipinski definition) is 1. The minimum atomic E-state index is -4.16. The summed E-state index contributed by atoms with van der Waals surface area (Å²) in [5, 5.41) is 0.500. The lowest BCUT2D eigenvalue weighted by atomic mass is 10.1. The highest BCUT2D eigenvalue weighted by molar-refractivity contribution is 7.50. The van der Waals surface area contributed by atoms with Crippen molar-refractivity contribution >= 4 is 29.4 Å². The number of rotatable bonds is 4. The largest absolute Gasteiger partial charge is 0.336 e. The van der Waals surface area contributed by atoms with Crippen molar-refractivity contribution < 1.29 is 27.5 Å². The molecular formula is C20H15F3NO3P. The summed E-state index contributed by atoms with van der Waals surface area (Å²) in [6.07, 6.45) is -0.363. The lowest BCUT2D eigenvalue weighted by Gasteiger charge is -2.09. The molecule has 0 fully saturated rings. The molecule has 0 saturated heterocycles. The molecule has 0 aliphatic rings. The zero-order valence-corrected chi connectivity index (χ0v) is 15.3. The Bertz CT molecular complexity index is 1250. The molecule has 0 bridgehead atoms. The predicted octanol–water partition coefficient (Wildman–Crippen LogP) is 4.94. The van der Waals surface area contributed by atoms with Crippen LogP contribution in [0.25, 0.3) is 21.8 Å². The molecule has 0 amide bonds. The Morgan fingerprint density at radius 2 is 1.50 bits per heavy atom. The van der Waals surface area contributed by atoms with Gasteiger partial charge in [-0.25, -0.2) is 13.2 Å². The summed E-state index contributed by atoms with van der Waals surface area (Å²) in [5.74, 6) is -2.01. The van der Waals surface area contributed by atoms with Crippen LogP contribution in [0.3, 0.4) is 0 Å². The van der Waals surface area contributed by atoms with Crippen LogP contribution in [-0.4, -0.2) is 14.4 Å². The van der Waals surface area contributed by atoms with E-state index in [1.54, 1.807) is 28.8 Å². The molecule has 28 heavy (non-hydrogen) atoms. The van der Waals surface area contributed by atoms with Crippen LogP contribution in [-0.2, 0) is 17.3 Å². The van der Waals surface area contributed by atoms with Gasteiger partial charge in [-0.2, -0.15) is 0 Å². The summed E-state index contributed by atoms with van der Waals surface area (Å²) in [4.78, 5) is 18.1. The third kappa shape index (κ3) is 3.56. The van der Waals surface area contributed by atoms with Gasteiger partial charge in [0.05, 0.1) is 11.7 Å². The molecule has 144 valence electrons. The molecule has 0 spiro atoms. The van der Waals surface area contributed by atoms with E-state index in [-0.39, 0.29) is 18.1 Å². The minimum Gasteiger partial charge on any atom is -0.336 e. The van der Waals surface area contributed by atoms with Gasteiger partial charge < -0.3 is 14.4 Å². The highest BCUT2D eigenvalue weighted by atomic mass is 31.2. The number of hydrogen-bond donors (Lipinski definition) is 2. The Morgan fingerprint density at radius 3 is 2.18 bits per heavy atom. The number of halogens is 3. The first-order chi connectivity index (χ1) is 13.2. The molecule has 0 aliphatic carbocycles. The average Bonchev–Trinajstić information content (AvgIpc) is 2.88. The van der Waals surface area contributed by atoms with Crippen molar-refractivity contribution in [3.8, 4) is 0 Å². The van der Waals surface area contributed by atoms with E-state index in [9.17, 15) is 17.7 Å². The predicted molar refractivity (Wildman–Crippen MR) is 101 cm³/mol. The van der Waals surface area contributed by atoms with E-state index in [4.69, 9.17) is 9.79 Å². The molecule has 0 aliphatic heterocycles. The summed E-state index contributed by atoms with van der Waals surface area (Å²) in [7, 11) is -4.16. The van der Waals surface area contributed by atoms with Gasteiger partial charge in [-0.3, -0.25) is 4.57 Å². The summed E-state index contributed by atoms with van der Waals surface area (Å²) in [5.41, 5.74) is 2.11. The van der Waals surface area contributed by atoms with Gasteiger partial charge >= 0.3 is 7.60 Å². The highest BCUT2D eigenvalue weighted by Gasteiger charge is 2.17. The van der Waals surface area contributed by atoms with Crippen LogP contribution < -0.4 is 0 Å². The lowest BCUT2D eigenvalue weighted by molar-refractivity contribution is 0.371. The molecule has 0 radical (unpaired) electrons. The molecule has 4 aromatic rings. The molecule has 0 unspecified atom stereocenters. The van der Waals surface area contributed by atoms with Crippen LogP contribution in [0, 0.1) is 17.5 Å². The van der Waals surface area contributed by atoms with E-state index in [0.29, 0.717) is 22.0 Å². The van der Waals surface area contributed by atoms with Crippen molar-refractivity contribution in [2.75, 3.05) is 0 Å². The first-order valence-corrected chi connectivity index (χ1v) is 10.2. The molecule has 2 N–H and O–H groups in total. The fourth-order valence-corrected chi connectivity index (χ4v) is 4.14. The Morgan fingerprint density at radius 1 is 0.821 bits per heavy atom. The second-order valence-electron chi connectivity index (χ2n) is 6.67. The van der Waals surface area contributed by atoms with E-state index < -0.39 is 25.0 Å². The quantitative estimate of drug-likeness (QED) is 0.473. The Labute approximate surface area is 158 Å². The first kappa shape index (κ1) is 18.7. The van der Waals surface area contributed by atoms with E-state index in [2.05, 4.69) is 0 Å². The Hall–Kier alpha value is -2.60. The SMILES string of the molecule is O=P(O)(O)Cc1ccc(Cn2c3ccc(F)cc3c3c(F)cc(F)cc32)cc1. The summed E-state index contributed by atoms with van der Waals surface area (Å²) in [6.45, 7) is 0.255. The lowest BCUT2D eigenvalue weighted by Crippen LogP contribution is -2.00. The summed E-state index contributed by atoms with van der Waals surface area (Å²) < 4.78 is 54.8. The van der Waals surface area contributed by atoms with E-state index >= 15 is 0 Å². The number of benzene rings is 3. The van der Waals surface area contributed by atoms with E-state index in [1.165, 1.54) is 24.3 Å². The van der Waals surface area contributed by atoms with Crippen molar-refractivity contribution in [2.45, 2.75) is 12.7 Å². The molecular weight excluding hydrogens is 390 g/mol. The number of aromatic nitrogens is 1. The van der Waals surface area contributed by atoms with E-state index in [1.807, 2.05) is 0 Å². The van der Waals surface area contributed by atoms with E-state index in [0.717, 1.165) is 11.6 Å². The molecule has 1 aromatic heterocycles. The molecule has 1 heterocycles. The standard InChI is InChI=1S/C20H15F3NO3P/c21-14-5-6-18-16(7-14)20-17(23)8-15(22)9-19(20)24(18)10-12-1-3-13(4-2-12)11-28(25,26)27/h1-9H,10-11H2,(H2,25,26,27). The maximum absolute atomic E-state index is 14.4. The topological polar surface area (TPSA) is 62.5 Å². The second kappa shape index (κ2) is 6.78. The fourth-order valence-electron chi connectivity index (χ4n) is 3.45. The van der Waals surface area contributed by atoms with Gasteiger partial charge in [0.25, 0.3) is 0 Å². The molecule has 0 atom stereocenters. The number of nitrogens with zero attached hydrogens (tertiary/aromatic N) is 1. The second-order valence-corrected chi connectivity index (χ2v) is 8.31. The van der Waals surface area contributed by atoms with Gasteiger partial charge in [-0.15, -0.1) is 0 Å². The third-order valence-corrected chi connectivity index (χ3v) is 5.37. The first-order valence-electron chi connectivity index (χ1n) is 8.40. The third-order valence-electron chi connectivity index (χ3n) is 4.60. The average molecular weight is 405 g/mol. The molecule has 4 nitrogen and oxygen atoms in total. The smallest absolute Gasteiger partial charge is 0.329 e. The van der Waals surface area contributed by atoms with Crippen LogP contribution in [0.15, 0.2) is 54.6 Å².